The third kappa shape index (κ3) is 3.65. The molecule has 0 aliphatic rings. The Morgan fingerprint density at radius 2 is 1.24 bits per heavy atom. The van der Waals surface area contributed by atoms with Gasteiger partial charge in [0.1, 0.15) is 0 Å². The Hall–Kier alpha value is -2.25. The van der Waals surface area contributed by atoms with Gasteiger partial charge < -0.3 is 5.32 Å². The predicted octanol–water partition coefficient (Wildman–Crippen LogP) is 2.98. The van der Waals surface area contributed by atoms with Gasteiger partial charge in [-0.3, -0.25) is 0 Å². The van der Waals surface area contributed by atoms with Gasteiger partial charge in [0.15, 0.2) is 0 Å². The average Bonchev–Trinajstić information content (AvgIpc) is 2.58. The van der Waals surface area contributed by atoms with Gasteiger partial charge in [-0.05, 0) is 24.6 Å². The maximum Gasteiger partial charge on any atom is 0.222 e. The minimum Gasteiger partial charge on any atom is -0.350 e. The van der Waals surface area contributed by atoms with E-state index < -0.39 is 7.92 Å². The molecule has 0 saturated carbocycles. The summed E-state index contributed by atoms with van der Waals surface area (Å²) in [5, 5.41) is 6.05. The van der Waals surface area contributed by atoms with Gasteiger partial charge in [0.25, 0.3) is 0 Å². The van der Waals surface area contributed by atoms with Crippen molar-refractivity contribution in [2.45, 2.75) is 0 Å². The van der Waals surface area contributed by atoms with E-state index in [1.807, 2.05) is 6.07 Å². The molecule has 0 spiro atoms. The fraction of sp³-hybridized carbons (Fsp3) is 0.0588. The van der Waals surface area contributed by atoms with E-state index in [9.17, 15) is 0 Å². The second-order valence-corrected chi connectivity index (χ2v) is 6.71. The number of aromatic nitrogens is 2. The van der Waals surface area contributed by atoms with Gasteiger partial charge in [0.2, 0.25) is 5.95 Å². The summed E-state index contributed by atoms with van der Waals surface area (Å²) < 4.78 is 0. The number of rotatable bonds is 5. The Morgan fingerprint density at radius 3 is 1.76 bits per heavy atom. The molecule has 1 heterocycles. The van der Waals surface area contributed by atoms with E-state index >= 15 is 0 Å². The molecule has 1 aromatic heterocycles. The SMILES string of the molecule is c1ccc(P(CNc2ncccn2)c2ccccc2)cc1. The topological polar surface area (TPSA) is 37.8 Å². The van der Waals surface area contributed by atoms with E-state index in [-0.39, 0.29) is 0 Å². The summed E-state index contributed by atoms with van der Waals surface area (Å²) in [6.07, 6.45) is 4.33. The number of hydrogen-bond donors (Lipinski definition) is 1. The monoisotopic (exact) mass is 293 g/mol. The van der Waals surface area contributed by atoms with Gasteiger partial charge in [-0.1, -0.05) is 60.7 Å². The summed E-state index contributed by atoms with van der Waals surface area (Å²) >= 11 is 0. The molecular formula is C17H16N3P. The van der Waals surface area contributed by atoms with Crippen molar-refractivity contribution in [3.63, 3.8) is 0 Å². The predicted molar refractivity (Wildman–Crippen MR) is 89.6 cm³/mol. The Kier molecular flexibility index (Phi) is 4.55. The van der Waals surface area contributed by atoms with Crippen LogP contribution in [0.15, 0.2) is 79.1 Å². The highest BCUT2D eigenvalue weighted by Crippen LogP contribution is 2.32. The molecular weight excluding hydrogens is 277 g/mol. The van der Waals surface area contributed by atoms with Crippen LogP contribution < -0.4 is 15.9 Å². The Balaban J connectivity index is 1.83. The largest absolute Gasteiger partial charge is 0.350 e. The van der Waals surface area contributed by atoms with Crippen LogP contribution in [0, 0.1) is 0 Å². The molecule has 2 aromatic carbocycles. The smallest absolute Gasteiger partial charge is 0.222 e. The quantitative estimate of drug-likeness (QED) is 0.735. The molecule has 4 heteroatoms. The highest BCUT2D eigenvalue weighted by molar-refractivity contribution is 7.73. The minimum atomic E-state index is -0.466. The molecule has 0 bridgehead atoms. The van der Waals surface area contributed by atoms with Crippen LogP contribution in [0.3, 0.4) is 0 Å². The molecule has 3 rings (SSSR count). The Labute approximate surface area is 125 Å². The zero-order valence-electron chi connectivity index (χ0n) is 11.6. The zero-order valence-corrected chi connectivity index (χ0v) is 12.4. The van der Waals surface area contributed by atoms with Crippen molar-refractivity contribution in [1.29, 1.82) is 0 Å². The molecule has 0 atom stereocenters. The van der Waals surface area contributed by atoms with E-state index in [1.54, 1.807) is 12.4 Å². The number of hydrogen-bond acceptors (Lipinski definition) is 3. The highest BCUT2D eigenvalue weighted by Gasteiger charge is 2.13. The van der Waals surface area contributed by atoms with Crippen molar-refractivity contribution in [2.75, 3.05) is 11.6 Å². The number of nitrogens with one attached hydrogen (secondary N) is 1. The van der Waals surface area contributed by atoms with Crippen LogP contribution >= 0.6 is 7.92 Å². The fourth-order valence-electron chi connectivity index (χ4n) is 2.09. The van der Waals surface area contributed by atoms with Crippen LogP contribution in [0.2, 0.25) is 0 Å². The molecule has 0 aliphatic heterocycles. The van der Waals surface area contributed by atoms with Crippen LogP contribution in [0.5, 0.6) is 0 Å². The summed E-state index contributed by atoms with van der Waals surface area (Å²) in [7, 11) is -0.466. The lowest BCUT2D eigenvalue weighted by molar-refractivity contribution is 1.14. The van der Waals surface area contributed by atoms with E-state index in [0.717, 1.165) is 6.29 Å². The van der Waals surface area contributed by atoms with Gasteiger partial charge >= 0.3 is 0 Å². The maximum absolute atomic E-state index is 4.23. The lowest BCUT2D eigenvalue weighted by Crippen LogP contribution is -2.18. The van der Waals surface area contributed by atoms with E-state index in [0.29, 0.717) is 5.95 Å². The van der Waals surface area contributed by atoms with Crippen LogP contribution in [0.25, 0.3) is 0 Å². The Bertz CT molecular complexity index is 620. The van der Waals surface area contributed by atoms with Crippen LogP contribution in [-0.4, -0.2) is 16.3 Å². The first kappa shape index (κ1) is 13.7. The molecule has 0 saturated heterocycles. The van der Waals surface area contributed by atoms with Crippen LogP contribution in [0.4, 0.5) is 5.95 Å². The third-order valence-electron chi connectivity index (χ3n) is 3.10. The first-order valence-corrected chi connectivity index (χ1v) is 8.35. The average molecular weight is 293 g/mol. The van der Waals surface area contributed by atoms with E-state index in [2.05, 4.69) is 75.9 Å². The number of anilines is 1. The molecule has 104 valence electrons. The fourth-order valence-corrected chi connectivity index (χ4v) is 4.11. The van der Waals surface area contributed by atoms with Gasteiger partial charge in [-0.25, -0.2) is 9.97 Å². The third-order valence-corrected chi connectivity index (χ3v) is 5.41. The van der Waals surface area contributed by atoms with Gasteiger partial charge in [0, 0.05) is 18.7 Å². The molecule has 21 heavy (non-hydrogen) atoms. The minimum absolute atomic E-state index is 0.466. The zero-order chi connectivity index (χ0) is 14.3. The summed E-state index contributed by atoms with van der Waals surface area (Å²) in [4.78, 5) is 8.45. The van der Waals surface area contributed by atoms with Crippen molar-refractivity contribution < 1.29 is 0 Å². The summed E-state index contributed by atoms with van der Waals surface area (Å²) in [6, 6.07) is 23.0. The second kappa shape index (κ2) is 6.96. The van der Waals surface area contributed by atoms with E-state index in [1.165, 1.54) is 10.6 Å². The van der Waals surface area contributed by atoms with E-state index in [4.69, 9.17) is 0 Å². The Morgan fingerprint density at radius 1 is 0.714 bits per heavy atom. The highest BCUT2D eigenvalue weighted by atomic mass is 31.1. The lowest BCUT2D eigenvalue weighted by Gasteiger charge is -2.19. The molecule has 1 N–H and O–H groups in total. The maximum atomic E-state index is 4.23. The second-order valence-electron chi connectivity index (χ2n) is 4.51. The first-order valence-electron chi connectivity index (χ1n) is 6.82. The summed E-state index contributed by atoms with van der Waals surface area (Å²) in [5.74, 6) is 0.678. The van der Waals surface area contributed by atoms with Gasteiger partial charge in [-0.15, -0.1) is 0 Å². The molecule has 0 aliphatic carbocycles. The molecule has 0 unspecified atom stereocenters. The molecule has 3 aromatic rings. The molecule has 0 amide bonds. The summed E-state index contributed by atoms with van der Waals surface area (Å²) in [6.45, 7) is 0. The van der Waals surface area contributed by atoms with Crippen molar-refractivity contribution in [3.8, 4) is 0 Å². The van der Waals surface area contributed by atoms with Crippen LogP contribution in [-0.2, 0) is 0 Å². The first-order chi connectivity index (χ1) is 10.4. The van der Waals surface area contributed by atoms with Crippen molar-refractivity contribution in [3.05, 3.63) is 79.1 Å². The number of nitrogens with zero attached hydrogens (tertiary/aromatic N) is 2. The standard InChI is InChI=1S/C17H16N3P/c1-3-8-15(9-4-1)21(16-10-5-2-6-11-16)14-20-17-18-12-7-13-19-17/h1-13H,14H2,(H,18,19,20). The molecule has 0 radical (unpaired) electrons. The normalized spacial score (nSPS) is 10.5. The number of benzene rings is 2. The van der Waals surface area contributed by atoms with Crippen molar-refractivity contribution >= 4 is 24.5 Å². The molecule has 0 fully saturated rings. The van der Waals surface area contributed by atoms with Crippen molar-refractivity contribution in [1.82, 2.24) is 9.97 Å². The van der Waals surface area contributed by atoms with Crippen molar-refractivity contribution in [2.24, 2.45) is 0 Å². The van der Waals surface area contributed by atoms with Gasteiger partial charge in [0.05, 0.1) is 0 Å². The van der Waals surface area contributed by atoms with Crippen LogP contribution in [0.1, 0.15) is 0 Å². The molecule has 3 nitrogen and oxygen atoms in total. The lowest BCUT2D eigenvalue weighted by atomic mass is 10.4. The van der Waals surface area contributed by atoms with Gasteiger partial charge in [-0.2, -0.15) is 0 Å². The summed E-state index contributed by atoms with van der Waals surface area (Å²) in [5.41, 5.74) is 0.